The Hall–Kier alpha value is -2.66. The quantitative estimate of drug-likeness (QED) is 0.572. The maximum Gasteiger partial charge on any atom is 0.278 e. The molecule has 0 radical (unpaired) electrons. The first-order valence-corrected chi connectivity index (χ1v) is 11.2. The summed E-state index contributed by atoms with van der Waals surface area (Å²) in [7, 11) is 0. The topological polar surface area (TPSA) is 74.8 Å². The van der Waals surface area contributed by atoms with Crippen LogP contribution >= 0.6 is 0 Å². The molecule has 0 aliphatic carbocycles. The maximum absolute atomic E-state index is 12.6. The van der Waals surface area contributed by atoms with Gasteiger partial charge in [0.05, 0.1) is 6.54 Å². The molecule has 0 heterocycles. The second kappa shape index (κ2) is 11.1. The predicted octanol–water partition coefficient (Wildman–Crippen LogP) is 3.83. The molecule has 0 aromatic heterocycles. The average molecular weight is 425 g/mol. The lowest BCUT2D eigenvalue weighted by molar-refractivity contribution is -0.719. The number of anilines is 1. The normalized spacial score (nSPS) is 13.2. The van der Waals surface area contributed by atoms with Gasteiger partial charge in [-0.3, -0.25) is 9.59 Å². The molecule has 0 unspecified atom stereocenters. The summed E-state index contributed by atoms with van der Waals surface area (Å²) < 4.78 is 0. The van der Waals surface area contributed by atoms with E-state index in [2.05, 4.69) is 67.9 Å². The summed E-state index contributed by atoms with van der Waals surface area (Å²) in [5.41, 5.74) is 5.35. The highest BCUT2D eigenvalue weighted by Gasteiger charge is 2.26. The predicted molar refractivity (Wildman–Crippen MR) is 127 cm³/mol. The first-order chi connectivity index (χ1) is 14.6. The van der Waals surface area contributed by atoms with Crippen molar-refractivity contribution in [2.24, 2.45) is 5.92 Å². The van der Waals surface area contributed by atoms with Crippen molar-refractivity contribution in [3.05, 3.63) is 64.7 Å². The van der Waals surface area contributed by atoms with E-state index in [-0.39, 0.29) is 30.4 Å². The van der Waals surface area contributed by atoms with Crippen molar-refractivity contribution in [2.75, 3.05) is 11.9 Å². The van der Waals surface area contributed by atoms with Gasteiger partial charge in [-0.05, 0) is 43.4 Å². The van der Waals surface area contributed by atoms with Crippen molar-refractivity contribution in [3.8, 4) is 0 Å². The summed E-state index contributed by atoms with van der Waals surface area (Å²) in [6.45, 7) is 14.5. The summed E-state index contributed by atoms with van der Waals surface area (Å²) in [4.78, 5) is 25.0. The summed E-state index contributed by atoms with van der Waals surface area (Å²) >= 11 is 0. The van der Waals surface area contributed by atoms with E-state index in [1.54, 1.807) is 0 Å². The van der Waals surface area contributed by atoms with E-state index in [0.29, 0.717) is 11.8 Å². The van der Waals surface area contributed by atoms with Crippen LogP contribution < -0.4 is 16.0 Å². The lowest BCUT2D eigenvalue weighted by atomic mass is 9.93. The minimum atomic E-state index is -0.301. The standard InChI is InChI=1S/C26H37N3O2/c1-16(2)21-11-13-22(14-12-21)24(17(3)4)28-20(7)26(31)27-15-23(30)29-25-18(5)9-8-10-19(25)6/h8-14,16-17,20,24,28H,15H2,1-7H3,(H,27,31)(H,29,30)/p+1/t20-,24-/m1/s1. The second-order valence-corrected chi connectivity index (χ2v) is 9.11. The van der Waals surface area contributed by atoms with Gasteiger partial charge in [0.15, 0.2) is 6.04 Å². The van der Waals surface area contributed by atoms with Crippen LogP contribution in [0.3, 0.4) is 0 Å². The first kappa shape index (κ1) is 24.6. The van der Waals surface area contributed by atoms with Crippen LogP contribution in [0.25, 0.3) is 0 Å². The van der Waals surface area contributed by atoms with E-state index in [1.165, 1.54) is 11.1 Å². The molecule has 0 aliphatic rings. The summed E-state index contributed by atoms with van der Waals surface area (Å²) in [6, 6.07) is 14.4. The number of nitrogens with two attached hydrogens (primary N) is 1. The van der Waals surface area contributed by atoms with E-state index >= 15 is 0 Å². The van der Waals surface area contributed by atoms with Crippen molar-refractivity contribution in [2.45, 2.75) is 66.5 Å². The zero-order valence-corrected chi connectivity index (χ0v) is 20.0. The number of rotatable bonds is 9. The molecule has 0 saturated carbocycles. The summed E-state index contributed by atoms with van der Waals surface area (Å²) in [5.74, 6) is 0.506. The average Bonchev–Trinajstić information content (AvgIpc) is 2.72. The fourth-order valence-corrected chi connectivity index (χ4v) is 3.74. The Morgan fingerprint density at radius 1 is 0.871 bits per heavy atom. The van der Waals surface area contributed by atoms with Gasteiger partial charge in [-0.1, -0.05) is 70.2 Å². The zero-order chi connectivity index (χ0) is 23.1. The summed E-state index contributed by atoms with van der Waals surface area (Å²) in [6.07, 6.45) is 0. The van der Waals surface area contributed by atoms with Gasteiger partial charge in [0.25, 0.3) is 5.91 Å². The van der Waals surface area contributed by atoms with Gasteiger partial charge < -0.3 is 16.0 Å². The lowest BCUT2D eigenvalue weighted by Gasteiger charge is -2.23. The number of carbonyl (C=O) groups is 2. The lowest BCUT2D eigenvalue weighted by Crippen LogP contribution is -2.93. The van der Waals surface area contributed by atoms with Gasteiger partial charge >= 0.3 is 0 Å². The maximum atomic E-state index is 12.6. The van der Waals surface area contributed by atoms with Crippen LogP contribution in [-0.2, 0) is 9.59 Å². The Morgan fingerprint density at radius 3 is 1.94 bits per heavy atom. The van der Waals surface area contributed by atoms with Crippen molar-refractivity contribution in [1.29, 1.82) is 0 Å². The number of quaternary nitrogens is 1. The SMILES string of the molecule is Cc1cccc(C)c1NC(=O)CNC(=O)[C@@H](C)[NH2+][C@@H](c1ccc(C(C)C)cc1)C(C)C. The molecule has 4 N–H and O–H groups in total. The number of hydrogen-bond acceptors (Lipinski definition) is 2. The molecule has 2 aromatic rings. The number of carbonyl (C=O) groups excluding carboxylic acids is 2. The van der Waals surface area contributed by atoms with Crippen LogP contribution in [-0.4, -0.2) is 24.4 Å². The fraction of sp³-hybridized carbons (Fsp3) is 0.462. The molecule has 5 heteroatoms. The van der Waals surface area contributed by atoms with Gasteiger partial charge in [-0.15, -0.1) is 0 Å². The van der Waals surface area contributed by atoms with Gasteiger partial charge in [-0.2, -0.15) is 0 Å². The van der Waals surface area contributed by atoms with E-state index in [4.69, 9.17) is 0 Å². The van der Waals surface area contributed by atoms with Gasteiger partial charge in [0, 0.05) is 17.2 Å². The number of amides is 2. The molecule has 2 rings (SSSR count). The largest absolute Gasteiger partial charge is 0.342 e. The van der Waals surface area contributed by atoms with Crippen molar-refractivity contribution < 1.29 is 14.9 Å². The molecule has 2 atom stereocenters. The van der Waals surface area contributed by atoms with Crippen LogP contribution in [0.1, 0.15) is 68.8 Å². The number of aryl methyl sites for hydroxylation is 2. The Kier molecular flexibility index (Phi) is 8.81. The Bertz CT molecular complexity index is 868. The molecular weight excluding hydrogens is 386 g/mol. The number of hydrogen-bond donors (Lipinski definition) is 3. The van der Waals surface area contributed by atoms with Gasteiger partial charge in [0.2, 0.25) is 5.91 Å². The number of benzene rings is 2. The number of nitrogens with one attached hydrogen (secondary N) is 2. The second-order valence-electron chi connectivity index (χ2n) is 9.11. The highest BCUT2D eigenvalue weighted by molar-refractivity contribution is 5.96. The fourth-order valence-electron chi connectivity index (χ4n) is 3.74. The van der Waals surface area contributed by atoms with Crippen LogP contribution in [0, 0.1) is 19.8 Å². The third-order valence-electron chi connectivity index (χ3n) is 5.78. The minimum Gasteiger partial charge on any atom is -0.342 e. The molecule has 0 bridgehead atoms. The Morgan fingerprint density at radius 2 is 1.42 bits per heavy atom. The van der Waals surface area contributed by atoms with Gasteiger partial charge in [0.1, 0.15) is 6.04 Å². The van der Waals surface area contributed by atoms with E-state index in [9.17, 15) is 9.59 Å². The van der Waals surface area contributed by atoms with Crippen molar-refractivity contribution in [1.82, 2.24) is 5.32 Å². The molecular formula is C26H38N3O2+. The molecule has 0 fully saturated rings. The molecule has 0 saturated heterocycles. The Balaban J connectivity index is 1.94. The van der Waals surface area contributed by atoms with Crippen LogP contribution in [0.2, 0.25) is 0 Å². The smallest absolute Gasteiger partial charge is 0.278 e. The zero-order valence-electron chi connectivity index (χ0n) is 20.0. The highest BCUT2D eigenvalue weighted by Crippen LogP contribution is 2.21. The third-order valence-corrected chi connectivity index (χ3v) is 5.78. The van der Waals surface area contributed by atoms with Crippen molar-refractivity contribution >= 4 is 17.5 Å². The number of para-hydroxylation sites is 1. The Labute approximate surface area is 187 Å². The highest BCUT2D eigenvalue weighted by atomic mass is 16.2. The van der Waals surface area contributed by atoms with E-state index < -0.39 is 0 Å². The molecule has 2 amide bonds. The first-order valence-electron chi connectivity index (χ1n) is 11.2. The van der Waals surface area contributed by atoms with Crippen LogP contribution in [0.5, 0.6) is 0 Å². The monoisotopic (exact) mass is 424 g/mol. The van der Waals surface area contributed by atoms with E-state index in [0.717, 1.165) is 16.8 Å². The molecule has 0 spiro atoms. The van der Waals surface area contributed by atoms with Gasteiger partial charge in [-0.25, -0.2) is 0 Å². The molecule has 0 aliphatic heterocycles. The van der Waals surface area contributed by atoms with Crippen LogP contribution in [0.15, 0.2) is 42.5 Å². The van der Waals surface area contributed by atoms with Crippen LogP contribution in [0.4, 0.5) is 5.69 Å². The molecule has 31 heavy (non-hydrogen) atoms. The molecule has 168 valence electrons. The van der Waals surface area contributed by atoms with Crippen molar-refractivity contribution in [3.63, 3.8) is 0 Å². The summed E-state index contributed by atoms with van der Waals surface area (Å²) in [5, 5.41) is 7.78. The van der Waals surface area contributed by atoms with E-state index in [1.807, 2.05) is 39.0 Å². The molecule has 2 aromatic carbocycles. The third kappa shape index (κ3) is 6.93. The minimum absolute atomic E-state index is 0.0415. The molecule has 5 nitrogen and oxygen atoms in total.